The molecule has 5 rings (SSSR count). The molecule has 1 atom stereocenters. The third kappa shape index (κ3) is 8.58. The molecular weight excluding hydrogens is 678 g/mol. The van der Waals surface area contributed by atoms with Crippen LogP contribution in [-0.4, -0.2) is 61.5 Å². The zero-order valence-electron chi connectivity index (χ0n) is 25.9. The maximum absolute atomic E-state index is 12.8. The normalized spacial score (nSPS) is 13.9. The molecule has 4 aromatic rings. The van der Waals surface area contributed by atoms with Gasteiger partial charge in [0.15, 0.2) is 5.60 Å². The Hall–Kier alpha value is -3.78. The maximum Gasteiger partial charge on any atom is 1.00 e. The summed E-state index contributed by atoms with van der Waals surface area (Å²) in [7, 11) is 5.85. The molecule has 0 bridgehead atoms. The zero-order chi connectivity index (χ0) is 34.0. The quantitative estimate of drug-likeness (QED) is 0.0993. The minimum absolute atomic E-state index is 0. The molecule has 47 heavy (non-hydrogen) atoms. The Morgan fingerprint density at radius 3 is 2.04 bits per heavy atom. The molecule has 13 nitrogen and oxygen atoms in total. The number of ether oxygens (including phenoxy) is 4. The third-order valence-electron chi connectivity index (χ3n) is 6.55. The second-order valence-corrected chi connectivity index (χ2v) is 9.89. The molecule has 2 aromatic carbocycles. The van der Waals surface area contributed by atoms with E-state index >= 15 is 0 Å². The summed E-state index contributed by atoms with van der Waals surface area (Å²) in [4.78, 5) is 35.8. The van der Waals surface area contributed by atoms with Crippen molar-refractivity contribution in [1.29, 1.82) is 5.26 Å². The maximum atomic E-state index is 12.8. The van der Waals surface area contributed by atoms with E-state index in [2.05, 4.69) is 20.3 Å². The summed E-state index contributed by atoms with van der Waals surface area (Å²) in [5, 5.41) is 20.8. The van der Waals surface area contributed by atoms with E-state index in [4.69, 9.17) is 59.7 Å². The van der Waals surface area contributed by atoms with Gasteiger partial charge >= 0.3 is 51.4 Å². The molecule has 3 heterocycles. The number of nitrogens with two attached hydrogens (primary N) is 1. The first-order valence-corrected chi connectivity index (χ1v) is 13.7. The predicted molar refractivity (Wildman–Crippen MR) is 170 cm³/mol. The minimum atomic E-state index is -1.67. The second kappa shape index (κ2) is 17.9. The number of amidine groups is 1. The predicted octanol–water partition coefficient (Wildman–Crippen LogP) is 1.64. The summed E-state index contributed by atoms with van der Waals surface area (Å²) in [6.07, 6.45) is 3.42. The molecule has 238 valence electrons. The Morgan fingerprint density at radius 1 is 0.872 bits per heavy atom. The first kappa shape index (κ1) is 39.4. The van der Waals surface area contributed by atoms with Gasteiger partial charge in [-0.15, -0.1) is 0 Å². The van der Waals surface area contributed by atoms with Gasteiger partial charge < -0.3 is 46.9 Å². The summed E-state index contributed by atoms with van der Waals surface area (Å²) >= 11 is 12.0. The van der Waals surface area contributed by atoms with Gasteiger partial charge in [-0.1, -0.05) is 23.2 Å². The van der Waals surface area contributed by atoms with Crippen molar-refractivity contribution in [2.45, 2.75) is 5.60 Å². The van der Waals surface area contributed by atoms with Crippen molar-refractivity contribution in [3.8, 4) is 23.3 Å². The van der Waals surface area contributed by atoms with Gasteiger partial charge in [0.2, 0.25) is 24.0 Å². The Balaban J connectivity index is 0.000000304. The Labute approximate surface area is 323 Å². The molecule has 0 aliphatic carbocycles. The van der Waals surface area contributed by atoms with Crippen molar-refractivity contribution >= 4 is 52.6 Å². The Kier molecular flexibility index (Phi) is 15.0. The van der Waals surface area contributed by atoms with Gasteiger partial charge in [0.05, 0.1) is 63.3 Å². The number of carbonyl (C=O) groups excluding carboxylic acids is 2. The molecule has 2 aromatic heterocycles. The van der Waals surface area contributed by atoms with Crippen LogP contribution in [0.15, 0.2) is 65.9 Å². The van der Waals surface area contributed by atoms with Gasteiger partial charge in [0, 0.05) is 21.2 Å². The number of aromatic nitrogens is 2. The molecule has 0 radical (unpaired) electrons. The van der Waals surface area contributed by atoms with Crippen LogP contribution in [0.25, 0.3) is 0 Å². The van der Waals surface area contributed by atoms with Gasteiger partial charge in [-0.2, -0.15) is 0 Å². The van der Waals surface area contributed by atoms with Gasteiger partial charge in [-0.3, -0.25) is 9.59 Å². The first-order chi connectivity index (χ1) is 22.1. The number of hydrogen-bond acceptors (Lipinski definition) is 12. The first-order valence-electron chi connectivity index (χ1n) is 12.9. The van der Waals surface area contributed by atoms with E-state index in [1.165, 1.54) is 53.0 Å². The minimum Gasteiger partial charge on any atom is -0.512 e. The summed E-state index contributed by atoms with van der Waals surface area (Å²) in [5.41, 5.74) is 6.47. The molecule has 0 saturated carbocycles. The number of methoxy groups -OCH3 is 4. The number of anilines is 1. The van der Waals surface area contributed by atoms with Crippen LogP contribution in [0.5, 0.6) is 23.3 Å². The number of halogens is 2. The fourth-order valence-corrected chi connectivity index (χ4v) is 4.75. The van der Waals surface area contributed by atoms with Crippen LogP contribution < -0.4 is 81.4 Å². The monoisotopic (exact) mass is 704 g/mol. The molecule has 0 fully saturated rings. The van der Waals surface area contributed by atoms with E-state index < -0.39 is 11.4 Å². The van der Waals surface area contributed by atoms with Crippen molar-refractivity contribution in [3.63, 3.8) is 0 Å². The van der Waals surface area contributed by atoms with Gasteiger partial charge in [0.1, 0.15) is 17.3 Å². The summed E-state index contributed by atoms with van der Waals surface area (Å²) in [6, 6.07) is 12.7. The number of ketones is 1. The molecule has 0 saturated heterocycles. The Bertz CT molecular complexity index is 1810. The number of nitrogens with zero attached hydrogens (tertiary/aromatic N) is 4. The number of rotatable bonds is 9. The van der Waals surface area contributed by atoms with E-state index in [1.54, 1.807) is 36.4 Å². The van der Waals surface area contributed by atoms with Crippen LogP contribution in [0, 0.1) is 11.8 Å². The standard InChI is InChI=1S/C15H14ClN3O3.C15H13ClN2O4.CN.K/c1-21-9-6-11(13(22-2)18-7-9)15(20)10-5-8(16)3-4-12(10)19-14(15)17;1-21-10-6-12(15(22-2)17-7-10)14(20)11-5-9(16)3-4-13(11)18-8-19;1-2;/h3-7,20H,1-2H3,(H2,17,19);3-8H,1-2H3,(H,18,19);;/q;;-1;+1. The van der Waals surface area contributed by atoms with E-state index in [0.29, 0.717) is 50.5 Å². The SMILES string of the molecule is COc1cnc(OC)c(C(=O)c2cc(Cl)ccc2NC=O)c1.COc1cnc(OC)c(C2(O)C(N)=Nc3ccc(Cl)cc32)c1.[C-]#N.[K+]. The van der Waals surface area contributed by atoms with Crippen LogP contribution in [0.2, 0.25) is 10.0 Å². The molecular formula is C31H27Cl2KN6O7. The van der Waals surface area contributed by atoms with Gasteiger partial charge in [-0.25, -0.2) is 15.0 Å². The van der Waals surface area contributed by atoms with Crippen LogP contribution in [0.3, 0.4) is 0 Å². The van der Waals surface area contributed by atoms with Crippen LogP contribution in [0.4, 0.5) is 11.4 Å². The second-order valence-electron chi connectivity index (χ2n) is 9.01. The average molecular weight is 706 g/mol. The molecule has 1 amide bonds. The number of carbonyl (C=O) groups is 2. The third-order valence-corrected chi connectivity index (χ3v) is 7.02. The number of aliphatic hydroxyl groups is 1. The zero-order valence-corrected chi connectivity index (χ0v) is 30.5. The van der Waals surface area contributed by atoms with Crippen molar-refractivity contribution in [2.75, 3.05) is 33.8 Å². The van der Waals surface area contributed by atoms with Gasteiger partial charge in [-0.05, 0) is 48.5 Å². The van der Waals surface area contributed by atoms with E-state index in [0.717, 1.165) is 0 Å². The van der Waals surface area contributed by atoms with Crippen molar-refractivity contribution in [2.24, 2.45) is 10.7 Å². The summed E-state index contributed by atoms with van der Waals surface area (Å²) < 4.78 is 20.6. The smallest absolute Gasteiger partial charge is 0.512 e. The van der Waals surface area contributed by atoms with Crippen LogP contribution in [-0.2, 0) is 10.4 Å². The molecule has 4 N–H and O–H groups in total. The van der Waals surface area contributed by atoms with Crippen molar-refractivity contribution in [3.05, 3.63) is 99.8 Å². The molecule has 16 heteroatoms. The number of hydrogen-bond donors (Lipinski definition) is 3. The molecule has 1 aliphatic heterocycles. The average Bonchev–Trinajstić information content (AvgIpc) is 3.34. The molecule has 1 unspecified atom stereocenters. The fraction of sp³-hybridized carbons (Fsp3) is 0.161. The van der Waals surface area contributed by atoms with Gasteiger partial charge in [0.25, 0.3) is 0 Å². The Morgan fingerprint density at radius 2 is 1.45 bits per heavy atom. The van der Waals surface area contributed by atoms with E-state index in [1.807, 2.05) is 0 Å². The number of fused-ring (bicyclic) bond motifs is 1. The molecule has 0 spiro atoms. The van der Waals surface area contributed by atoms with Crippen molar-refractivity contribution < 1.29 is 85.0 Å². The largest absolute Gasteiger partial charge is 1.00 e. The summed E-state index contributed by atoms with van der Waals surface area (Å²) in [6.45, 7) is 4.75. The fourth-order valence-electron chi connectivity index (χ4n) is 4.40. The van der Waals surface area contributed by atoms with E-state index in [9.17, 15) is 14.7 Å². The number of aliphatic imine (C=N–C) groups is 1. The topological polar surface area (TPSA) is 191 Å². The van der Waals surface area contributed by atoms with Crippen LogP contribution in [0.1, 0.15) is 27.0 Å². The van der Waals surface area contributed by atoms with Crippen LogP contribution >= 0.6 is 23.2 Å². The number of nitrogens with one attached hydrogen (secondary N) is 1. The summed E-state index contributed by atoms with van der Waals surface area (Å²) in [5.74, 6) is 0.897. The number of benzene rings is 2. The van der Waals surface area contributed by atoms with Crippen molar-refractivity contribution in [1.82, 2.24) is 9.97 Å². The number of amides is 1. The molecule has 1 aliphatic rings. The van der Waals surface area contributed by atoms with E-state index in [-0.39, 0.29) is 80.1 Å². The number of pyridine rings is 2.